The highest BCUT2D eigenvalue weighted by Crippen LogP contribution is 2.45. The first-order valence-electron chi connectivity index (χ1n) is 19.0. The molecule has 1 aliphatic heterocycles. The molecule has 54 heavy (non-hydrogen) atoms. The number of hydrogen-bond acceptors (Lipinski definition) is 9. The number of fused-ring (bicyclic) bond motifs is 3. The quantitative estimate of drug-likeness (QED) is 0.0915. The average molecular weight is 760 g/mol. The van der Waals surface area contributed by atoms with Gasteiger partial charge in [0, 0.05) is 23.5 Å². The van der Waals surface area contributed by atoms with Gasteiger partial charge in [-0.3, -0.25) is 19.1 Å². The fourth-order valence-electron chi connectivity index (χ4n) is 7.21. The monoisotopic (exact) mass is 759 g/mol. The van der Waals surface area contributed by atoms with Crippen molar-refractivity contribution in [3.63, 3.8) is 0 Å². The van der Waals surface area contributed by atoms with E-state index in [0.29, 0.717) is 31.6 Å². The Balaban J connectivity index is 1.25. The van der Waals surface area contributed by atoms with E-state index in [1.54, 1.807) is 6.08 Å². The van der Waals surface area contributed by atoms with Crippen LogP contribution in [0.5, 0.6) is 0 Å². The normalized spacial score (nSPS) is 23.5. The third-order valence-corrected chi connectivity index (χ3v) is 12.3. The van der Waals surface area contributed by atoms with Crippen molar-refractivity contribution in [2.45, 2.75) is 108 Å². The number of carbonyl (C=O) groups is 3. The molecule has 6 rings (SSSR count). The van der Waals surface area contributed by atoms with Crippen LogP contribution < -0.4 is 15.5 Å². The summed E-state index contributed by atoms with van der Waals surface area (Å²) in [5.41, 5.74) is 5.94. The number of sulfonamides is 1. The van der Waals surface area contributed by atoms with Gasteiger partial charge in [-0.15, -0.1) is 13.2 Å². The Hall–Kier alpha value is -4.33. The molecule has 1 unspecified atom stereocenters. The van der Waals surface area contributed by atoms with Crippen LogP contribution in [0.15, 0.2) is 79.0 Å². The Morgan fingerprint density at radius 2 is 1.65 bits per heavy atom. The molecule has 290 valence electrons. The summed E-state index contributed by atoms with van der Waals surface area (Å²) in [4.78, 5) is 55.9. The van der Waals surface area contributed by atoms with Gasteiger partial charge in [0.15, 0.2) is 0 Å². The van der Waals surface area contributed by atoms with Crippen LogP contribution in [-0.4, -0.2) is 78.9 Å². The van der Waals surface area contributed by atoms with Gasteiger partial charge in [-0.05, 0) is 55.1 Å². The molecule has 3 aliphatic carbocycles. The highest BCUT2D eigenvalue weighted by atomic mass is 32.2. The van der Waals surface area contributed by atoms with Gasteiger partial charge in [-0.2, -0.15) is 5.48 Å². The maximum absolute atomic E-state index is 14.5. The van der Waals surface area contributed by atoms with E-state index in [2.05, 4.69) is 33.8 Å². The fraction of sp³-hybridized carbons (Fsp3) is 0.512. The van der Waals surface area contributed by atoms with Crippen molar-refractivity contribution in [2.75, 3.05) is 13.2 Å². The number of benzene rings is 2. The maximum Gasteiger partial charge on any atom is 0.259 e. The van der Waals surface area contributed by atoms with E-state index in [4.69, 9.17) is 9.68 Å². The summed E-state index contributed by atoms with van der Waals surface area (Å²) in [6.07, 6.45) is 7.93. The van der Waals surface area contributed by atoms with Crippen molar-refractivity contribution in [3.05, 3.63) is 85.0 Å². The number of likely N-dealkylation sites (tertiary alicyclic amines) is 1. The largest absolute Gasteiger partial charge is 0.390 e. The van der Waals surface area contributed by atoms with Crippen LogP contribution in [0.4, 0.5) is 0 Å². The minimum atomic E-state index is -3.86. The molecule has 3 amide bonds. The van der Waals surface area contributed by atoms with Crippen LogP contribution in [0.1, 0.15) is 89.7 Å². The topological polar surface area (TPSA) is 155 Å². The molecule has 4 aliphatic rings. The number of hydrogen-bond donors (Lipinski definition) is 3. The number of allylic oxidation sites excluding steroid dienone is 1. The summed E-state index contributed by atoms with van der Waals surface area (Å²) in [6, 6.07) is 14.1. The van der Waals surface area contributed by atoms with Crippen LogP contribution in [0.2, 0.25) is 0 Å². The van der Waals surface area contributed by atoms with Crippen LogP contribution in [0, 0.1) is 11.3 Å². The van der Waals surface area contributed by atoms with Gasteiger partial charge in [0.1, 0.15) is 29.4 Å². The predicted octanol–water partition coefficient (Wildman–Crippen LogP) is 5.15. The molecule has 1 saturated heterocycles. The van der Waals surface area contributed by atoms with E-state index < -0.39 is 56.7 Å². The summed E-state index contributed by atoms with van der Waals surface area (Å²) < 4.78 is 27.6. The third kappa shape index (κ3) is 8.79. The second-order valence-electron chi connectivity index (χ2n) is 16.1. The number of oxime groups is 1. The SMILES string of the molecule is C=CCCCCC[C@H](NOCC(C)(C)C)C(=O)N1C[C@H](ON=C2c3ccccc3-c3ccccc32)C[C@H]1C(=O)N[C@]1(C(=O)NS(=O)(=O)C2CC2)CC1C=C. The van der Waals surface area contributed by atoms with Crippen molar-refractivity contribution in [1.82, 2.24) is 20.4 Å². The lowest BCUT2D eigenvalue weighted by atomic mass is 9.99. The molecule has 3 N–H and O–H groups in total. The van der Waals surface area contributed by atoms with Gasteiger partial charge in [-0.25, -0.2) is 8.42 Å². The molecular weight excluding hydrogens is 707 g/mol. The Bertz CT molecular complexity index is 1850. The van der Waals surface area contributed by atoms with E-state index in [1.165, 1.54) is 4.90 Å². The lowest BCUT2D eigenvalue weighted by molar-refractivity contribution is -0.145. The zero-order valence-corrected chi connectivity index (χ0v) is 32.3. The number of unbranched alkanes of at least 4 members (excludes halogenated alkanes) is 3. The van der Waals surface area contributed by atoms with Gasteiger partial charge in [0.25, 0.3) is 5.91 Å². The smallest absolute Gasteiger partial charge is 0.259 e. The van der Waals surface area contributed by atoms with Crippen LogP contribution in [0.3, 0.4) is 0 Å². The highest BCUT2D eigenvalue weighted by Gasteiger charge is 2.62. The first-order valence-corrected chi connectivity index (χ1v) is 20.5. The van der Waals surface area contributed by atoms with E-state index in [0.717, 1.165) is 47.9 Å². The fourth-order valence-corrected chi connectivity index (χ4v) is 8.57. The number of amides is 3. The van der Waals surface area contributed by atoms with Crippen LogP contribution in [-0.2, 0) is 34.1 Å². The van der Waals surface area contributed by atoms with Crippen LogP contribution >= 0.6 is 0 Å². The molecular formula is C41H53N5O7S. The first-order chi connectivity index (χ1) is 25.8. The molecule has 12 nitrogen and oxygen atoms in total. The van der Waals surface area contributed by atoms with E-state index in [-0.39, 0.29) is 30.7 Å². The standard InChI is InChI=1S/C41H53N5O7S/c1-6-8-9-10-11-20-34(43-52-26-40(3,4)5)38(48)46-25-28(53-44-36-32-18-14-12-16-30(32)31-17-13-15-19-33(31)36)23-35(46)37(47)42-41(24-27(41)7-2)39(49)45-54(50,51)29-21-22-29/h6-7,12-19,27-29,34-35,43H,1-2,8-11,20-26H2,3-5H3,(H,42,47)(H,45,49)/t27?,28-,34+,35+,41-/m1/s1. The number of nitrogens with one attached hydrogen (secondary N) is 3. The predicted molar refractivity (Wildman–Crippen MR) is 207 cm³/mol. The molecule has 3 fully saturated rings. The lowest BCUT2D eigenvalue weighted by Crippen LogP contribution is -2.58. The van der Waals surface area contributed by atoms with Crippen molar-refractivity contribution in [2.24, 2.45) is 16.5 Å². The van der Waals surface area contributed by atoms with Gasteiger partial charge in [0.05, 0.1) is 18.4 Å². The molecule has 0 radical (unpaired) electrons. The Morgan fingerprint density at radius 1 is 1.00 bits per heavy atom. The number of nitrogens with zero attached hydrogens (tertiary/aromatic N) is 2. The molecule has 2 saturated carbocycles. The molecule has 13 heteroatoms. The minimum absolute atomic E-state index is 0.0606. The third-order valence-electron chi connectivity index (χ3n) is 10.5. The van der Waals surface area contributed by atoms with Crippen molar-refractivity contribution in [3.8, 4) is 11.1 Å². The van der Waals surface area contributed by atoms with Crippen LogP contribution in [0.25, 0.3) is 11.1 Å². The average Bonchev–Trinajstić information content (AvgIpc) is 4.05. The number of rotatable bonds is 18. The summed E-state index contributed by atoms with van der Waals surface area (Å²) in [6.45, 7) is 14.1. The minimum Gasteiger partial charge on any atom is -0.390 e. The zero-order valence-electron chi connectivity index (χ0n) is 31.5. The van der Waals surface area contributed by atoms with E-state index in [9.17, 15) is 22.8 Å². The molecule has 2 aromatic rings. The summed E-state index contributed by atoms with van der Waals surface area (Å²) >= 11 is 0. The lowest BCUT2D eigenvalue weighted by Gasteiger charge is -2.30. The summed E-state index contributed by atoms with van der Waals surface area (Å²) in [5.74, 6) is -2.19. The van der Waals surface area contributed by atoms with Gasteiger partial charge in [0.2, 0.25) is 21.8 Å². The first kappa shape index (κ1) is 39.4. The maximum atomic E-state index is 14.5. The summed E-state index contributed by atoms with van der Waals surface area (Å²) in [7, 11) is -3.86. The summed E-state index contributed by atoms with van der Waals surface area (Å²) in [5, 5.41) is 6.88. The Labute approximate surface area is 318 Å². The molecule has 0 bridgehead atoms. The molecule has 0 aromatic heterocycles. The van der Waals surface area contributed by atoms with Crippen molar-refractivity contribution >= 4 is 33.5 Å². The molecule has 0 spiro atoms. The highest BCUT2D eigenvalue weighted by molar-refractivity contribution is 7.91. The molecule has 2 aromatic carbocycles. The van der Waals surface area contributed by atoms with Crippen molar-refractivity contribution < 1.29 is 32.5 Å². The van der Waals surface area contributed by atoms with E-state index >= 15 is 0 Å². The second kappa shape index (κ2) is 16.2. The molecule has 1 heterocycles. The van der Waals surface area contributed by atoms with E-state index in [1.807, 2.05) is 75.4 Å². The van der Waals surface area contributed by atoms with Crippen molar-refractivity contribution in [1.29, 1.82) is 0 Å². The zero-order chi connectivity index (χ0) is 38.7. The Morgan fingerprint density at radius 3 is 2.22 bits per heavy atom. The van der Waals surface area contributed by atoms with Gasteiger partial charge in [-0.1, -0.05) is 99.5 Å². The van der Waals surface area contributed by atoms with Gasteiger partial charge < -0.3 is 19.9 Å². The number of carbonyl (C=O) groups excluding carboxylic acids is 3. The second-order valence-corrected chi connectivity index (χ2v) is 18.1. The Kier molecular flexibility index (Phi) is 11.8. The van der Waals surface area contributed by atoms with Gasteiger partial charge >= 0.3 is 0 Å². The molecule has 5 atom stereocenters. The number of hydroxylamine groups is 1.